The Labute approximate surface area is 95.8 Å². The molecule has 0 spiro atoms. The monoisotopic (exact) mass is 228 g/mol. The predicted octanol–water partition coefficient (Wildman–Crippen LogP) is 3.19. The van der Waals surface area contributed by atoms with Crippen LogP contribution < -0.4 is 4.74 Å². The van der Waals surface area contributed by atoms with E-state index in [-0.39, 0.29) is 0 Å². The zero-order chi connectivity index (χ0) is 11.8. The molecule has 0 heterocycles. The van der Waals surface area contributed by atoms with Crippen LogP contribution in [0, 0.1) is 13.8 Å². The molecule has 0 aliphatic heterocycles. The molecule has 1 N–H and O–H groups in total. The van der Waals surface area contributed by atoms with E-state index in [2.05, 4.69) is 0 Å². The Kier molecular flexibility index (Phi) is 3.31. The number of hydrogen-bond donors (Lipinski definition) is 1. The van der Waals surface area contributed by atoms with Gasteiger partial charge in [0.2, 0.25) is 0 Å². The van der Waals surface area contributed by atoms with Crippen LogP contribution in [0.3, 0.4) is 0 Å². The van der Waals surface area contributed by atoms with Crippen LogP contribution in [-0.2, 0) is 5.60 Å². The van der Waals surface area contributed by atoms with Gasteiger partial charge in [-0.05, 0) is 50.5 Å². The first kappa shape index (κ1) is 12.3. The summed E-state index contributed by atoms with van der Waals surface area (Å²) in [7, 11) is 1.59. The Morgan fingerprint density at radius 1 is 1.33 bits per heavy atom. The molecule has 0 saturated heterocycles. The highest BCUT2D eigenvalue weighted by molar-refractivity contribution is 6.33. The summed E-state index contributed by atoms with van der Waals surface area (Å²) in [6.07, 6.45) is 0. The SMILES string of the molecule is COc1cc(C)c(C(C)(C)O)c(C)c1Cl. The van der Waals surface area contributed by atoms with Gasteiger partial charge in [-0.1, -0.05) is 11.6 Å². The summed E-state index contributed by atoms with van der Waals surface area (Å²) in [5.41, 5.74) is 1.85. The zero-order valence-corrected chi connectivity index (χ0v) is 10.6. The predicted molar refractivity (Wildman–Crippen MR) is 62.7 cm³/mol. The van der Waals surface area contributed by atoms with Crippen molar-refractivity contribution in [2.24, 2.45) is 0 Å². The van der Waals surface area contributed by atoms with Gasteiger partial charge in [-0.2, -0.15) is 0 Å². The average Bonchev–Trinajstić information content (AvgIpc) is 2.09. The molecule has 1 aromatic carbocycles. The summed E-state index contributed by atoms with van der Waals surface area (Å²) in [5.74, 6) is 0.652. The molecule has 0 aliphatic carbocycles. The third kappa shape index (κ3) is 2.27. The van der Waals surface area contributed by atoms with E-state index in [1.54, 1.807) is 21.0 Å². The lowest BCUT2D eigenvalue weighted by Crippen LogP contribution is -2.19. The lowest BCUT2D eigenvalue weighted by Gasteiger charge is -2.24. The van der Waals surface area contributed by atoms with Crippen LogP contribution in [0.15, 0.2) is 6.07 Å². The Morgan fingerprint density at radius 3 is 2.27 bits per heavy atom. The van der Waals surface area contributed by atoms with E-state index in [9.17, 15) is 5.11 Å². The molecule has 0 radical (unpaired) electrons. The molecule has 0 aliphatic rings. The van der Waals surface area contributed by atoms with Crippen LogP contribution >= 0.6 is 11.6 Å². The van der Waals surface area contributed by atoms with Gasteiger partial charge in [0.1, 0.15) is 5.75 Å². The van der Waals surface area contributed by atoms with Crippen molar-refractivity contribution in [2.45, 2.75) is 33.3 Å². The van der Waals surface area contributed by atoms with Crippen molar-refractivity contribution in [3.8, 4) is 5.75 Å². The molecule has 3 heteroatoms. The van der Waals surface area contributed by atoms with Crippen LogP contribution in [0.1, 0.15) is 30.5 Å². The first-order valence-corrected chi connectivity index (χ1v) is 5.23. The molecule has 0 atom stereocenters. The second-order valence-electron chi connectivity index (χ2n) is 4.27. The normalized spacial score (nSPS) is 11.7. The first-order valence-electron chi connectivity index (χ1n) is 4.85. The largest absolute Gasteiger partial charge is 0.495 e. The molecule has 84 valence electrons. The van der Waals surface area contributed by atoms with Crippen molar-refractivity contribution >= 4 is 11.6 Å². The van der Waals surface area contributed by atoms with Crippen molar-refractivity contribution in [2.75, 3.05) is 7.11 Å². The van der Waals surface area contributed by atoms with Gasteiger partial charge in [-0.3, -0.25) is 0 Å². The Balaban J connectivity index is 3.50. The lowest BCUT2D eigenvalue weighted by molar-refractivity contribution is 0.0772. The van der Waals surface area contributed by atoms with E-state index in [4.69, 9.17) is 16.3 Å². The van der Waals surface area contributed by atoms with Gasteiger partial charge in [0.25, 0.3) is 0 Å². The maximum atomic E-state index is 10.0. The van der Waals surface area contributed by atoms with Gasteiger partial charge in [0.05, 0.1) is 17.7 Å². The lowest BCUT2D eigenvalue weighted by atomic mass is 9.89. The van der Waals surface area contributed by atoms with E-state index in [1.807, 2.05) is 19.9 Å². The Bertz CT molecular complexity index is 378. The van der Waals surface area contributed by atoms with Crippen molar-refractivity contribution in [1.82, 2.24) is 0 Å². The third-order valence-corrected chi connectivity index (χ3v) is 2.96. The van der Waals surface area contributed by atoms with Crippen molar-refractivity contribution in [3.05, 3.63) is 27.8 Å². The maximum absolute atomic E-state index is 10.0. The number of benzene rings is 1. The minimum Gasteiger partial charge on any atom is -0.495 e. The Morgan fingerprint density at radius 2 is 1.87 bits per heavy atom. The standard InChI is InChI=1S/C12H17ClO2/c1-7-6-9(15-5)11(13)8(2)10(7)12(3,4)14/h6,14H,1-5H3. The number of ether oxygens (including phenoxy) is 1. The second-order valence-corrected chi connectivity index (χ2v) is 4.65. The molecule has 0 amide bonds. The summed E-state index contributed by atoms with van der Waals surface area (Å²) in [4.78, 5) is 0. The average molecular weight is 229 g/mol. The van der Waals surface area contributed by atoms with Crippen LogP contribution in [0.2, 0.25) is 5.02 Å². The maximum Gasteiger partial charge on any atom is 0.138 e. The van der Waals surface area contributed by atoms with E-state index in [0.717, 1.165) is 16.7 Å². The summed E-state index contributed by atoms with van der Waals surface area (Å²) in [6, 6.07) is 1.85. The number of methoxy groups -OCH3 is 1. The van der Waals surface area contributed by atoms with Gasteiger partial charge in [0.15, 0.2) is 0 Å². The van der Waals surface area contributed by atoms with Gasteiger partial charge in [-0.15, -0.1) is 0 Å². The molecule has 2 nitrogen and oxygen atoms in total. The molecule has 15 heavy (non-hydrogen) atoms. The van der Waals surface area contributed by atoms with E-state index in [0.29, 0.717) is 10.8 Å². The molecule has 1 rings (SSSR count). The highest BCUT2D eigenvalue weighted by atomic mass is 35.5. The molecular formula is C12H17ClO2. The van der Waals surface area contributed by atoms with Gasteiger partial charge in [0, 0.05) is 0 Å². The number of aryl methyl sites for hydroxylation is 1. The summed E-state index contributed by atoms with van der Waals surface area (Å²) >= 11 is 6.14. The third-order valence-electron chi connectivity index (χ3n) is 2.49. The number of halogens is 1. The smallest absolute Gasteiger partial charge is 0.138 e. The molecular weight excluding hydrogens is 212 g/mol. The molecule has 0 unspecified atom stereocenters. The van der Waals surface area contributed by atoms with Crippen molar-refractivity contribution < 1.29 is 9.84 Å². The van der Waals surface area contributed by atoms with Crippen LogP contribution in [0.4, 0.5) is 0 Å². The topological polar surface area (TPSA) is 29.5 Å². The molecule has 0 fully saturated rings. The Hall–Kier alpha value is -0.730. The van der Waals surface area contributed by atoms with Crippen molar-refractivity contribution in [3.63, 3.8) is 0 Å². The summed E-state index contributed by atoms with van der Waals surface area (Å²) in [5, 5.41) is 10.6. The van der Waals surface area contributed by atoms with E-state index >= 15 is 0 Å². The number of aliphatic hydroxyl groups is 1. The fourth-order valence-corrected chi connectivity index (χ4v) is 2.24. The van der Waals surface area contributed by atoms with Crippen molar-refractivity contribution in [1.29, 1.82) is 0 Å². The van der Waals surface area contributed by atoms with Crippen LogP contribution in [0.25, 0.3) is 0 Å². The molecule has 0 saturated carbocycles. The minimum absolute atomic E-state index is 0.570. The fraction of sp³-hybridized carbons (Fsp3) is 0.500. The number of rotatable bonds is 2. The molecule has 0 aromatic heterocycles. The summed E-state index contributed by atoms with van der Waals surface area (Å²) < 4.78 is 5.16. The van der Waals surface area contributed by atoms with Gasteiger partial charge < -0.3 is 9.84 Å². The summed E-state index contributed by atoms with van der Waals surface area (Å²) in [6.45, 7) is 7.35. The zero-order valence-electron chi connectivity index (χ0n) is 9.81. The van der Waals surface area contributed by atoms with Crippen LogP contribution in [-0.4, -0.2) is 12.2 Å². The molecule has 0 bridgehead atoms. The highest BCUT2D eigenvalue weighted by Crippen LogP contribution is 2.37. The second kappa shape index (κ2) is 4.03. The van der Waals surface area contributed by atoms with E-state index in [1.165, 1.54) is 0 Å². The highest BCUT2D eigenvalue weighted by Gasteiger charge is 2.23. The van der Waals surface area contributed by atoms with Gasteiger partial charge in [-0.25, -0.2) is 0 Å². The van der Waals surface area contributed by atoms with E-state index < -0.39 is 5.60 Å². The first-order chi connectivity index (χ1) is 6.79. The van der Waals surface area contributed by atoms with Crippen LogP contribution in [0.5, 0.6) is 5.75 Å². The minimum atomic E-state index is -0.885. The quantitative estimate of drug-likeness (QED) is 0.843. The van der Waals surface area contributed by atoms with Gasteiger partial charge >= 0.3 is 0 Å². The number of hydrogen-bond acceptors (Lipinski definition) is 2. The molecule has 1 aromatic rings. The fourth-order valence-electron chi connectivity index (χ4n) is 2.01.